The van der Waals surface area contributed by atoms with Crippen LogP contribution in [0.3, 0.4) is 0 Å². The van der Waals surface area contributed by atoms with E-state index in [9.17, 15) is 14.4 Å². The molecule has 2 aromatic carbocycles. The normalized spacial score (nSPS) is 10.1. The Kier molecular flexibility index (Phi) is 5.43. The maximum atomic E-state index is 12.4. The monoisotopic (exact) mass is 365 g/mol. The Balaban J connectivity index is 2.26. The predicted octanol–water partition coefficient (Wildman–Crippen LogP) is 3.09. The molecule has 3 amide bonds. The van der Waals surface area contributed by atoms with Crippen LogP contribution in [0, 0.1) is 0 Å². The van der Waals surface area contributed by atoms with Gasteiger partial charge in [-0.25, -0.2) is 4.90 Å². The summed E-state index contributed by atoms with van der Waals surface area (Å²) in [4.78, 5) is 37.1. The van der Waals surface area contributed by atoms with Crippen LogP contribution >= 0.6 is 23.2 Å². The molecule has 0 heterocycles. The number of amides is 3. The van der Waals surface area contributed by atoms with Crippen molar-refractivity contribution in [3.8, 4) is 0 Å². The average molecular weight is 366 g/mol. The largest absolute Gasteiger partial charge is 0.399 e. The van der Waals surface area contributed by atoms with E-state index in [-0.39, 0.29) is 16.4 Å². The molecule has 0 bridgehead atoms. The lowest BCUT2D eigenvalue weighted by atomic mass is 10.2. The van der Waals surface area contributed by atoms with Gasteiger partial charge in [-0.05, 0) is 36.4 Å². The Labute approximate surface area is 148 Å². The van der Waals surface area contributed by atoms with Crippen LogP contribution in [0.25, 0.3) is 0 Å². The number of nitrogens with one attached hydrogen (secondary N) is 1. The number of hydrogen-bond donors (Lipinski definition) is 2. The van der Waals surface area contributed by atoms with Gasteiger partial charge in [0.1, 0.15) is 0 Å². The van der Waals surface area contributed by atoms with Gasteiger partial charge in [0.05, 0.1) is 16.4 Å². The van der Waals surface area contributed by atoms with E-state index in [1.54, 1.807) is 12.1 Å². The number of nitrogens with zero attached hydrogens (tertiary/aromatic N) is 1. The third-order valence-corrected chi connectivity index (χ3v) is 3.57. The van der Waals surface area contributed by atoms with Gasteiger partial charge < -0.3 is 11.1 Å². The smallest absolute Gasteiger partial charge is 0.323 e. The Morgan fingerprint density at radius 3 is 2.38 bits per heavy atom. The van der Waals surface area contributed by atoms with Gasteiger partial charge in [-0.15, -0.1) is 0 Å². The van der Waals surface area contributed by atoms with Crippen molar-refractivity contribution in [1.29, 1.82) is 0 Å². The summed E-state index contributed by atoms with van der Waals surface area (Å²) in [6.45, 7) is 1.17. The van der Waals surface area contributed by atoms with Gasteiger partial charge in [0.25, 0.3) is 0 Å². The Bertz CT molecular complexity index is 824. The van der Waals surface area contributed by atoms with Crippen molar-refractivity contribution in [2.45, 2.75) is 6.92 Å². The van der Waals surface area contributed by atoms with Crippen LogP contribution in [0.15, 0.2) is 42.5 Å². The summed E-state index contributed by atoms with van der Waals surface area (Å²) < 4.78 is 0. The number of rotatable bonds is 2. The standard InChI is InChI=1S/C16H13Cl2N3O3/c1-9(22)21(12-4-2-3-11(19)8-12)16(24)15(23)20-14-6-5-10(17)7-13(14)18/h2-8H,19H2,1H3,(H,20,23). The third-order valence-electron chi connectivity index (χ3n) is 3.02. The zero-order valence-corrected chi connectivity index (χ0v) is 14.1. The third kappa shape index (κ3) is 4.04. The first-order valence-electron chi connectivity index (χ1n) is 6.76. The first-order chi connectivity index (χ1) is 11.3. The fourth-order valence-corrected chi connectivity index (χ4v) is 2.43. The van der Waals surface area contributed by atoms with E-state index in [1.165, 1.54) is 37.3 Å². The van der Waals surface area contributed by atoms with E-state index >= 15 is 0 Å². The van der Waals surface area contributed by atoms with E-state index in [4.69, 9.17) is 28.9 Å². The molecule has 0 fully saturated rings. The predicted molar refractivity (Wildman–Crippen MR) is 94.1 cm³/mol. The molecule has 0 aliphatic heterocycles. The highest BCUT2D eigenvalue weighted by atomic mass is 35.5. The first kappa shape index (κ1) is 17.8. The van der Waals surface area contributed by atoms with Crippen LogP contribution in [0.1, 0.15) is 6.92 Å². The highest BCUT2D eigenvalue weighted by Crippen LogP contribution is 2.25. The van der Waals surface area contributed by atoms with Gasteiger partial charge in [-0.1, -0.05) is 29.3 Å². The minimum Gasteiger partial charge on any atom is -0.399 e. The van der Waals surface area contributed by atoms with E-state index in [1.807, 2.05) is 0 Å². The van der Waals surface area contributed by atoms with Gasteiger partial charge in [-0.2, -0.15) is 0 Å². The Morgan fingerprint density at radius 2 is 1.79 bits per heavy atom. The number of carbonyl (C=O) groups is 3. The topological polar surface area (TPSA) is 92.5 Å². The SMILES string of the molecule is CC(=O)N(C(=O)C(=O)Nc1ccc(Cl)cc1Cl)c1cccc(N)c1. The lowest BCUT2D eigenvalue weighted by Gasteiger charge is -2.19. The fourth-order valence-electron chi connectivity index (χ4n) is 1.97. The van der Waals surface area contributed by atoms with Crippen molar-refractivity contribution < 1.29 is 14.4 Å². The second kappa shape index (κ2) is 7.33. The molecule has 0 aliphatic rings. The van der Waals surface area contributed by atoms with Crippen LogP contribution < -0.4 is 16.0 Å². The minimum atomic E-state index is -1.06. The number of hydrogen-bond acceptors (Lipinski definition) is 4. The Hall–Kier alpha value is -2.57. The summed E-state index contributed by atoms with van der Waals surface area (Å²) in [7, 11) is 0. The molecule has 0 atom stereocenters. The van der Waals surface area contributed by atoms with Crippen molar-refractivity contribution in [1.82, 2.24) is 0 Å². The van der Waals surface area contributed by atoms with Gasteiger partial charge in [0.2, 0.25) is 5.91 Å². The number of imide groups is 1. The molecule has 3 N–H and O–H groups in total. The van der Waals surface area contributed by atoms with E-state index in [0.29, 0.717) is 10.7 Å². The first-order valence-corrected chi connectivity index (χ1v) is 7.52. The summed E-state index contributed by atoms with van der Waals surface area (Å²) in [6.07, 6.45) is 0. The van der Waals surface area contributed by atoms with Crippen molar-refractivity contribution in [3.05, 3.63) is 52.5 Å². The molecule has 0 unspecified atom stereocenters. The summed E-state index contributed by atoms with van der Waals surface area (Å²) in [5, 5.41) is 2.90. The molecule has 0 saturated heterocycles. The van der Waals surface area contributed by atoms with Crippen LogP contribution in [0.4, 0.5) is 17.1 Å². The number of carbonyl (C=O) groups excluding carboxylic acids is 3. The molecule has 0 spiro atoms. The number of nitrogens with two attached hydrogens (primary N) is 1. The molecular formula is C16H13Cl2N3O3. The van der Waals surface area contributed by atoms with Gasteiger partial charge >= 0.3 is 11.8 Å². The zero-order chi connectivity index (χ0) is 17.9. The highest BCUT2D eigenvalue weighted by Gasteiger charge is 2.27. The minimum absolute atomic E-state index is 0.169. The second-order valence-electron chi connectivity index (χ2n) is 4.83. The highest BCUT2D eigenvalue weighted by molar-refractivity contribution is 6.49. The summed E-state index contributed by atoms with van der Waals surface area (Å²) in [5.74, 6) is -2.70. The molecule has 24 heavy (non-hydrogen) atoms. The maximum absolute atomic E-state index is 12.4. The molecular weight excluding hydrogens is 353 g/mol. The molecule has 2 rings (SSSR count). The van der Waals surface area contributed by atoms with Crippen LogP contribution in [0.5, 0.6) is 0 Å². The van der Waals surface area contributed by atoms with Crippen LogP contribution in [-0.2, 0) is 14.4 Å². The van der Waals surface area contributed by atoms with Gasteiger partial charge in [0, 0.05) is 17.6 Å². The van der Waals surface area contributed by atoms with Crippen molar-refractivity contribution in [2.24, 2.45) is 0 Å². The van der Waals surface area contributed by atoms with Crippen molar-refractivity contribution in [3.63, 3.8) is 0 Å². The van der Waals surface area contributed by atoms with Gasteiger partial charge in [-0.3, -0.25) is 14.4 Å². The summed E-state index contributed by atoms with van der Waals surface area (Å²) in [5.41, 5.74) is 6.41. The summed E-state index contributed by atoms with van der Waals surface area (Å²) in [6, 6.07) is 10.5. The number of halogens is 2. The molecule has 0 aliphatic carbocycles. The Morgan fingerprint density at radius 1 is 1.08 bits per heavy atom. The molecule has 6 nitrogen and oxygen atoms in total. The van der Waals surface area contributed by atoms with Crippen LogP contribution in [-0.4, -0.2) is 17.7 Å². The molecule has 0 radical (unpaired) electrons. The van der Waals surface area contributed by atoms with Crippen LogP contribution in [0.2, 0.25) is 10.0 Å². The molecule has 0 saturated carbocycles. The number of anilines is 3. The number of benzene rings is 2. The number of nitrogen functional groups attached to an aromatic ring is 1. The van der Waals surface area contributed by atoms with Gasteiger partial charge in [0.15, 0.2) is 0 Å². The molecule has 8 heteroatoms. The van der Waals surface area contributed by atoms with Crippen molar-refractivity contribution in [2.75, 3.05) is 16.0 Å². The molecule has 2 aromatic rings. The van der Waals surface area contributed by atoms with Crippen molar-refractivity contribution >= 4 is 58.0 Å². The lowest BCUT2D eigenvalue weighted by Crippen LogP contribution is -2.42. The van der Waals surface area contributed by atoms with E-state index < -0.39 is 17.7 Å². The zero-order valence-electron chi connectivity index (χ0n) is 12.5. The van der Waals surface area contributed by atoms with E-state index in [0.717, 1.165) is 4.90 Å². The molecule has 124 valence electrons. The second-order valence-corrected chi connectivity index (χ2v) is 5.68. The summed E-state index contributed by atoms with van der Waals surface area (Å²) >= 11 is 11.7. The lowest BCUT2D eigenvalue weighted by molar-refractivity contribution is -0.136. The van der Waals surface area contributed by atoms with E-state index in [2.05, 4.69) is 5.32 Å². The quantitative estimate of drug-likeness (QED) is 0.631. The average Bonchev–Trinajstić information content (AvgIpc) is 2.49. The maximum Gasteiger partial charge on any atom is 0.323 e. The molecule has 0 aromatic heterocycles. The fraction of sp³-hybridized carbons (Fsp3) is 0.0625.